The van der Waals surface area contributed by atoms with Crippen LogP contribution < -0.4 is 0 Å². The van der Waals surface area contributed by atoms with Crippen molar-refractivity contribution >= 4 is 0 Å². The molecule has 3 nitrogen and oxygen atoms in total. The first-order valence-corrected chi connectivity index (χ1v) is 6.30. The molecule has 3 heteroatoms. The van der Waals surface area contributed by atoms with E-state index in [0.717, 1.165) is 12.1 Å². The Kier molecular flexibility index (Phi) is 2.48. The van der Waals surface area contributed by atoms with E-state index < -0.39 is 0 Å². The second-order valence-corrected chi connectivity index (χ2v) is 7.09. The van der Waals surface area contributed by atoms with Gasteiger partial charge in [-0.3, -0.25) is 4.68 Å². The largest absolute Gasteiger partial charge is 0.395 e. The van der Waals surface area contributed by atoms with Crippen molar-refractivity contribution in [3.05, 3.63) is 17.5 Å². The van der Waals surface area contributed by atoms with Crippen LogP contribution in [0.2, 0.25) is 0 Å². The summed E-state index contributed by atoms with van der Waals surface area (Å²) in [5, 5.41) is 14.3. The minimum Gasteiger partial charge on any atom is -0.395 e. The van der Waals surface area contributed by atoms with Gasteiger partial charge < -0.3 is 5.11 Å². The van der Waals surface area contributed by atoms with Crippen LogP contribution in [0, 0.1) is 5.41 Å². The van der Waals surface area contributed by atoms with Gasteiger partial charge in [-0.2, -0.15) is 5.10 Å². The first-order chi connectivity index (χ1) is 7.64. The lowest BCUT2D eigenvalue weighted by Crippen LogP contribution is -2.22. The molecule has 1 saturated carbocycles. The molecule has 1 atom stereocenters. The molecule has 0 aliphatic heterocycles. The number of aliphatic hydroxyl groups is 1. The molecule has 0 spiro atoms. The first kappa shape index (κ1) is 12.6. The normalized spacial score (nSPS) is 27.2. The van der Waals surface area contributed by atoms with Gasteiger partial charge in [-0.25, -0.2) is 0 Å². The third kappa shape index (κ3) is 1.71. The maximum absolute atomic E-state index is 9.74. The molecule has 0 radical (unpaired) electrons. The Morgan fingerprint density at radius 1 is 1.41 bits per heavy atom. The lowest BCUT2D eigenvalue weighted by molar-refractivity contribution is 0.225. The van der Waals surface area contributed by atoms with Crippen LogP contribution in [0.4, 0.5) is 0 Å². The van der Waals surface area contributed by atoms with E-state index in [1.807, 2.05) is 11.7 Å². The predicted molar refractivity (Wildman–Crippen MR) is 69.1 cm³/mol. The van der Waals surface area contributed by atoms with Crippen molar-refractivity contribution in [2.45, 2.75) is 51.9 Å². The molecule has 1 N–H and O–H groups in total. The predicted octanol–water partition coefficient (Wildman–Crippen LogP) is 2.38. The van der Waals surface area contributed by atoms with Gasteiger partial charge in [0.25, 0.3) is 0 Å². The monoisotopic (exact) mass is 236 g/mol. The number of hydrogen-bond donors (Lipinski definition) is 1. The summed E-state index contributed by atoms with van der Waals surface area (Å²) in [6.07, 6.45) is 1.04. The molecule has 2 rings (SSSR count). The van der Waals surface area contributed by atoms with E-state index >= 15 is 0 Å². The summed E-state index contributed by atoms with van der Waals surface area (Å²) in [6, 6.07) is 2.17. The molecule has 17 heavy (non-hydrogen) atoms. The lowest BCUT2D eigenvalue weighted by Gasteiger charge is -2.18. The highest BCUT2D eigenvalue weighted by molar-refractivity contribution is 5.35. The van der Waals surface area contributed by atoms with E-state index in [0.29, 0.717) is 0 Å². The minimum absolute atomic E-state index is 0.0612. The van der Waals surface area contributed by atoms with Gasteiger partial charge in [0.05, 0.1) is 12.3 Å². The van der Waals surface area contributed by atoms with Crippen LogP contribution in [0.1, 0.15) is 52.4 Å². The Labute approximate surface area is 104 Å². The molecule has 1 unspecified atom stereocenters. The summed E-state index contributed by atoms with van der Waals surface area (Å²) >= 11 is 0. The van der Waals surface area contributed by atoms with E-state index in [1.54, 1.807) is 0 Å². The number of nitrogens with zero attached hydrogens (tertiary/aromatic N) is 2. The van der Waals surface area contributed by atoms with E-state index in [1.165, 1.54) is 5.69 Å². The number of hydrogen-bond acceptors (Lipinski definition) is 2. The summed E-state index contributed by atoms with van der Waals surface area (Å²) < 4.78 is 1.95. The van der Waals surface area contributed by atoms with Crippen LogP contribution in [0.5, 0.6) is 0 Å². The summed E-state index contributed by atoms with van der Waals surface area (Å²) in [7, 11) is 1.98. The number of rotatable bonds is 2. The molecule has 1 fully saturated rings. The third-order valence-electron chi connectivity index (χ3n) is 4.32. The zero-order valence-electron chi connectivity index (χ0n) is 11.8. The van der Waals surface area contributed by atoms with Crippen molar-refractivity contribution in [2.75, 3.05) is 6.61 Å². The van der Waals surface area contributed by atoms with E-state index in [2.05, 4.69) is 45.8 Å². The molecule has 0 saturated heterocycles. The van der Waals surface area contributed by atoms with Crippen molar-refractivity contribution in [3.63, 3.8) is 0 Å². The zero-order valence-corrected chi connectivity index (χ0v) is 11.8. The molecule has 1 aromatic heterocycles. The summed E-state index contributed by atoms with van der Waals surface area (Å²) in [5.74, 6) is 0. The molecule has 0 aromatic carbocycles. The molecule has 1 heterocycles. The highest BCUT2D eigenvalue weighted by atomic mass is 16.3. The Hall–Kier alpha value is -0.830. The molecular formula is C14H24N2O. The van der Waals surface area contributed by atoms with Gasteiger partial charge in [0.1, 0.15) is 0 Å². The maximum Gasteiger partial charge on any atom is 0.0681 e. The van der Waals surface area contributed by atoms with Crippen molar-refractivity contribution in [1.82, 2.24) is 9.78 Å². The molecule has 0 bridgehead atoms. The fraction of sp³-hybridized carbons (Fsp3) is 0.786. The van der Waals surface area contributed by atoms with Crippen LogP contribution in [0.3, 0.4) is 0 Å². The van der Waals surface area contributed by atoms with Crippen LogP contribution in [0.25, 0.3) is 0 Å². The average molecular weight is 236 g/mol. The third-order valence-corrected chi connectivity index (χ3v) is 4.32. The number of aliphatic hydroxyl groups excluding tert-OH is 1. The highest BCUT2D eigenvalue weighted by Crippen LogP contribution is 2.64. The topological polar surface area (TPSA) is 38.0 Å². The van der Waals surface area contributed by atoms with E-state index in [4.69, 9.17) is 0 Å². The van der Waals surface area contributed by atoms with E-state index in [-0.39, 0.29) is 22.9 Å². The van der Waals surface area contributed by atoms with Crippen molar-refractivity contribution in [3.8, 4) is 0 Å². The molecule has 1 aromatic rings. The Bertz CT molecular complexity index is 440. The highest BCUT2D eigenvalue weighted by Gasteiger charge is 2.63. The smallest absolute Gasteiger partial charge is 0.0681 e. The first-order valence-electron chi connectivity index (χ1n) is 6.30. The molecular weight excluding hydrogens is 212 g/mol. The van der Waals surface area contributed by atoms with Crippen molar-refractivity contribution < 1.29 is 5.11 Å². The fourth-order valence-electron chi connectivity index (χ4n) is 2.78. The second-order valence-electron chi connectivity index (χ2n) is 7.09. The van der Waals surface area contributed by atoms with Crippen LogP contribution in [-0.4, -0.2) is 21.5 Å². The standard InChI is InChI=1S/C14H24N2O/c1-12(2,3)10-7-11(16(6)15-10)14(9-17)8-13(14,4)5/h7,17H,8-9H2,1-6H3. The molecule has 96 valence electrons. The maximum atomic E-state index is 9.74. The minimum atomic E-state index is -0.0851. The van der Waals surface area contributed by atoms with Gasteiger partial charge in [-0.05, 0) is 17.9 Å². The SMILES string of the molecule is Cn1nc(C(C)(C)C)cc1C1(CO)CC1(C)C. The van der Waals surface area contributed by atoms with Crippen LogP contribution in [0.15, 0.2) is 6.07 Å². The molecule has 0 amide bonds. The molecule has 1 aliphatic carbocycles. The van der Waals surface area contributed by atoms with Gasteiger partial charge in [-0.1, -0.05) is 34.6 Å². The average Bonchev–Trinajstić information content (AvgIpc) is 2.53. The van der Waals surface area contributed by atoms with E-state index in [9.17, 15) is 5.11 Å². The van der Waals surface area contributed by atoms with Crippen LogP contribution >= 0.6 is 0 Å². The number of aromatic nitrogens is 2. The summed E-state index contributed by atoms with van der Waals surface area (Å²) in [6.45, 7) is 11.2. The molecule has 1 aliphatic rings. The van der Waals surface area contributed by atoms with Gasteiger partial charge in [-0.15, -0.1) is 0 Å². The van der Waals surface area contributed by atoms with Gasteiger partial charge in [0.2, 0.25) is 0 Å². The fourth-order valence-corrected chi connectivity index (χ4v) is 2.78. The van der Waals surface area contributed by atoms with Crippen molar-refractivity contribution in [1.29, 1.82) is 0 Å². The zero-order chi connectivity index (χ0) is 13.1. The van der Waals surface area contributed by atoms with Gasteiger partial charge >= 0.3 is 0 Å². The lowest BCUT2D eigenvalue weighted by atomic mass is 9.88. The summed E-state index contributed by atoms with van der Waals surface area (Å²) in [4.78, 5) is 0. The quantitative estimate of drug-likeness (QED) is 0.856. The number of aryl methyl sites for hydroxylation is 1. The summed E-state index contributed by atoms with van der Waals surface area (Å²) in [5.41, 5.74) is 2.44. The van der Waals surface area contributed by atoms with Crippen molar-refractivity contribution in [2.24, 2.45) is 12.5 Å². The second kappa shape index (κ2) is 3.35. The Morgan fingerprint density at radius 3 is 2.24 bits per heavy atom. The Morgan fingerprint density at radius 2 is 1.94 bits per heavy atom. The Balaban J connectivity index is 2.45. The van der Waals surface area contributed by atoms with Gasteiger partial charge in [0.15, 0.2) is 0 Å². The van der Waals surface area contributed by atoms with Crippen LogP contribution in [-0.2, 0) is 17.9 Å². The van der Waals surface area contributed by atoms with Gasteiger partial charge in [0, 0.05) is 23.6 Å².